The van der Waals surface area contributed by atoms with Crippen molar-refractivity contribution in [2.75, 3.05) is 0 Å². The molecule has 0 fully saturated rings. The van der Waals surface area contributed by atoms with Crippen molar-refractivity contribution in [3.05, 3.63) is 47.5 Å². The first kappa shape index (κ1) is 20.2. The van der Waals surface area contributed by atoms with Crippen LogP contribution in [0.15, 0.2) is 36.4 Å². The van der Waals surface area contributed by atoms with Crippen LogP contribution in [0.5, 0.6) is 23.0 Å². The lowest BCUT2D eigenvalue weighted by atomic mass is 10.2. The van der Waals surface area contributed by atoms with Gasteiger partial charge < -0.3 is 29.9 Å². The number of hydrogen-bond donors (Lipinski definition) is 4. The van der Waals surface area contributed by atoms with Gasteiger partial charge in [0.2, 0.25) is 0 Å². The van der Waals surface area contributed by atoms with Gasteiger partial charge in [0.05, 0.1) is 12.8 Å². The second-order valence-electron chi connectivity index (χ2n) is 5.42. The van der Waals surface area contributed by atoms with Crippen LogP contribution < -0.4 is 9.47 Å². The average molecular weight is 390 g/mol. The zero-order chi connectivity index (χ0) is 20.8. The number of carbonyl (C=O) groups excluding carboxylic acids is 2. The molecule has 10 nitrogen and oxygen atoms in total. The van der Waals surface area contributed by atoms with Gasteiger partial charge in [0.15, 0.2) is 0 Å². The molecule has 0 bridgehead atoms. The number of aromatic carboxylic acids is 2. The zero-order valence-corrected chi connectivity index (χ0v) is 14.1. The first-order valence-corrected chi connectivity index (χ1v) is 7.71. The van der Waals surface area contributed by atoms with Gasteiger partial charge in [-0.25, -0.2) is 9.59 Å². The van der Waals surface area contributed by atoms with Gasteiger partial charge in [-0.05, 0) is 36.4 Å². The predicted octanol–water partition coefficient (Wildman–Crippen LogP) is 1.79. The summed E-state index contributed by atoms with van der Waals surface area (Å²) in [5.41, 5.74) is -0.905. The summed E-state index contributed by atoms with van der Waals surface area (Å²) in [6, 6.07) is 6.37. The van der Waals surface area contributed by atoms with Crippen LogP contribution in [0.1, 0.15) is 33.6 Å². The molecular weight excluding hydrogens is 376 g/mol. The summed E-state index contributed by atoms with van der Waals surface area (Å²) in [7, 11) is 0. The van der Waals surface area contributed by atoms with Gasteiger partial charge in [0, 0.05) is 0 Å². The predicted molar refractivity (Wildman–Crippen MR) is 90.6 cm³/mol. The van der Waals surface area contributed by atoms with E-state index in [1.54, 1.807) is 0 Å². The molecule has 0 aliphatic heterocycles. The molecule has 4 N–H and O–H groups in total. The highest BCUT2D eigenvalue weighted by Crippen LogP contribution is 2.24. The molecule has 0 saturated heterocycles. The summed E-state index contributed by atoms with van der Waals surface area (Å²) in [5, 5.41) is 36.6. The molecule has 146 valence electrons. The number of aromatic hydroxyl groups is 2. The Morgan fingerprint density at radius 1 is 0.679 bits per heavy atom. The second kappa shape index (κ2) is 8.54. The third kappa shape index (κ3) is 5.21. The monoisotopic (exact) mass is 390 g/mol. The minimum Gasteiger partial charge on any atom is -0.507 e. The smallest absolute Gasteiger partial charge is 0.339 e. The minimum absolute atomic E-state index is 0.127. The number of rotatable bonds is 7. The Labute approximate surface area is 157 Å². The Balaban J connectivity index is 1.92. The summed E-state index contributed by atoms with van der Waals surface area (Å²) < 4.78 is 9.79. The van der Waals surface area contributed by atoms with Gasteiger partial charge in [-0.3, -0.25) is 9.59 Å². The summed E-state index contributed by atoms with van der Waals surface area (Å²) in [6.07, 6.45) is -0.794. The fraction of sp³-hybridized carbons (Fsp3) is 0.111. The van der Waals surface area contributed by atoms with Gasteiger partial charge in [0.1, 0.15) is 34.1 Å². The van der Waals surface area contributed by atoms with Gasteiger partial charge in [-0.1, -0.05) is 0 Å². The standard InChI is InChI=1S/C18H14O10/c19-13-3-1-9(7-11(13)17(23)24)27-15(21)5-6-16(22)28-10-2-4-14(20)12(8-10)18(25)26/h1-4,7-8,19-20H,5-6H2,(H,23,24)(H,25,26). The molecule has 2 aromatic carbocycles. The van der Waals surface area contributed by atoms with Crippen molar-refractivity contribution in [3.8, 4) is 23.0 Å². The molecule has 0 aromatic heterocycles. The van der Waals surface area contributed by atoms with Crippen LogP contribution in [-0.2, 0) is 9.59 Å². The first-order chi connectivity index (χ1) is 13.2. The first-order valence-electron chi connectivity index (χ1n) is 7.71. The van der Waals surface area contributed by atoms with Crippen LogP contribution in [-0.4, -0.2) is 44.3 Å². The number of carboxylic acid groups (broad SMARTS) is 2. The number of phenols is 2. The maximum Gasteiger partial charge on any atom is 0.339 e. The number of esters is 2. The minimum atomic E-state index is -1.41. The second-order valence-corrected chi connectivity index (χ2v) is 5.42. The largest absolute Gasteiger partial charge is 0.507 e. The Morgan fingerprint density at radius 3 is 1.36 bits per heavy atom. The molecule has 10 heteroatoms. The molecule has 0 saturated carbocycles. The molecule has 0 heterocycles. The maximum atomic E-state index is 11.8. The summed E-state index contributed by atoms with van der Waals surface area (Å²) in [4.78, 5) is 45.4. The van der Waals surface area contributed by atoms with E-state index in [1.807, 2.05) is 0 Å². The number of carbonyl (C=O) groups is 4. The van der Waals surface area contributed by atoms with Crippen LogP contribution >= 0.6 is 0 Å². The normalized spacial score (nSPS) is 10.1. The molecule has 0 aliphatic rings. The summed E-state index contributed by atoms with van der Waals surface area (Å²) in [6.45, 7) is 0. The van der Waals surface area contributed by atoms with E-state index < -0.39 is 59.3 Å². The zero-order valence-electron chi connectivity index (χ0n) is 14.1. The molecule has 0 unspecified atom stereocenters. The summed E-state index contributed by atoms with van der Waals surface area (Å²) in [5.74, 6) is -5.76. The maximum absolute atomic E-state index is 11.8. The van der Waals surface area contributed by atoms with E-state index in [0.717, 1.165) is 24.3 Å². The highest BCUT2D eigenvalue weighted by molar-refractivity contribution is 5.92. The molecule has 0 spiro atoms. The van der Waals surface area contributed by atoms with Crippen molar-refractivity contribution >= 4 is 23.9 Å². The Bertz CT molecular complexity index is 870. The fourth-order valence-corrected chi connectivity index (χ4v) is 2.07. The number of ether oxygens (including phenoxy) is 2. The number of hydrogen-bond acceptors (Lipinski definition) is 8. The van der Waals surface area contributed by atoms with Crippen LogP contribution in [0.25, 0.3) is 0 Å². The van der Waals surface area contributed by atoms with E-state index in [2.05, 4.69) is 0 Å². The van der Waals surface area contributed by atoms with E-state index in [9.17, 15) is 29.4 Å². The third-order valence-electron chi connectivity index (χ3n) is 3.39. The number of benzene rings is 2. The van der Waals surface area contributed by atoms with Gasteiger partial charge in [0.25, 0.3) is 0 Å². The Morgan fingerprint density at radius 2 is 1.04 bits per heavy atom. The lowest BCUT2D eigenvalue weighted by Crippen LogP contribution is -2.14. The molecule has 2 aromatic rings. The SMILES string of the molecule is O=C(CCC(=O)Oc1ccc(O)c(C(=O)O)c1)Oc1ccc(O)c(C(=O)O)c1. The molecule has 0 aliphatic carbocycles. The average Bonchev–Trinajstić information content (AvgIpc) is 2.62. The van der Waals surface area contributed by atoms with Crippen molar-refractivity contribution in [1.82, 2.24) is 0 Å². The van der Waals surface area contributed by atoms with Crippen LogP contribution in [0, 0.1) is 0 Å². The van der Waals surface area contributed by atoms with Crippen LogP contribution in [0.3, 0.4) is 0 Å². The summed E-state index contributed by atoms with van der Waals surface area (Å²) >= 11 is 0. The lowest BCUT2D eigenvalue weighted by molar-refractivity contribution is -0.140. The van der Waals surface area contributed by atoms with Gasteiger partial charge >= 0.3 is 23.9 Å². The highest BCUT2D eigenvalue weighted by Gasteiger charge is 2.16. The van der Waals surface area contributed by atoms with Crippen molar-refractivity contribution in [2.45, 2.75) is 12.8 Å². The van der Waals surface area contributed by atoms with Crippen molar-refractivity contribution in [1.29, 1.82) is 0 Å². The molecular formula is C18H14O10. The number of carboxylic acids is 2. The van der Waals surface area contributed by atoms with E-state index >= 15 is 0 Å². The van der Waals surface area contributed by atoms with E-state index in [0.29, 0.717) is 0 Å². The quantitative estimate of drug-likeness (QED) is 0.404. The molecule has 2 rings (SSSR count). The van der Waals surface area contributed by atoms with Crippen molar-refractivity contribution in [2.24, 2.45) is 0 Å². The highest BCUT2D eigenvalue weighted by atomic mass is 16.5. The van der Waals surface area contributed by atoms with Crippen molar-refractivity contribution < 1.29 is 49.1 Å². The molecule has 0 radical (unpaired) electrons. The molecule has 0 amide bonds. The molecule has 28 heavy (non-hydrogen) atoms. The van der Waals surface area contributed by atoms with Gasteiger partial charge in [-0.15, -0.1) is 0 Å². The van der Waals surface area contributed by atoms with Crippen molar-refractivity contribution in [3.63, 3.8) is 0 Å². The van der Waals surface area contributed by atoms with Crippen LogP contribution in [0.4, 0.5) is 0 Å². The van der Waals surface area contributed by atoms with E-state index in [-0.39, 0.29) is 11.5 Å². The lowest BCUT2D eigenvalue weighted by Gasteiger charge is -2.07. The topological polar surface area (TPSA) is 168 Å². The fourth-order valence-electron chi connectivity index (χ4n) is 2.07. The third-order valence-corrected chi connectivity index (χ3v) is 3.39. The van der Waals surface area contributed by atoms with E-state index in [4.69, 9.17) is 19.7 Å². The Kier molecular flexibility index (Phi) is 6.17. The molecule has 0 atom stereocenters. The van der Waals surface area contributed by atoms with Crippen LogP contribution in [0.2, 0.25) is 0 Å². The van der Waals surface area contributed by atoms with E-state index in [1.165, 1.54) is 12.1 Å². The Hall–Kier alpha value is -4.08. The van der Waals surface area contributed by atoms with Gasteiger partial charge in [-0.2, -0.15) is 0 Å².